The van der Waals surface area contributed by atoms with E-state index in [1.807, 2.05) is 89.2 Å². The Morgan fingerprint density at radius 3 is 1.73 bits per heavy atom. The predicted octanol–water partition coefficient (Wildman–Crippen LogP) is 6.99. The first-order valence-corrected chi connectivity index (χ1v) is 14.7. The molecule has 45 heavy (non-hydrogen) atoms. The minimum Gasteiger partial charge on any atom is -0.444 e. The van der Waals surface area contributed by atoms with E-state index in [0.29, 0.717) is 0 Å². The van der Waals surface area contributed by atoms with Gasteiger partial charge in [-0.15, -0.1) is 0 Å². The number of nitrogens with two attached hydrogens (primary N) is 1. The zero-order valence-corrected chi connectivity index (χ0v) is 26.0. The van der Waals surface area contributed by atoms with E-state index >= 15 is 0 Å². The fraction of sp³-hybridized carbons (Fsp3) is 0.229. The molecule has 2 unspecified atom stereocenters. The van der Waals surface area contributed by atoms with E-state index in [-0.39, 0.29) is 12.1 Å². The van der Waals surface area contributed by atoms with Crippen molar-refractivity contribution in [3.63, 3.8) is 0 Å². The summed E-state index contributed by atoms with van der Waals surface area (Å²) in [6.45, 7) is 9.31. The van der Waals surface area contributed by atoms with Gasteiger partial charge in [-0.25, -0.2) is 9.78 Å². The van der Waals surface area contributed by atoms with E-state index in [2.05, 4.69) is 36.3 Å². The third-order valence-electron chi connectivity index (χ3n) is 6.75. The van der Waals surface area contributed by atoms with Crippen molar-refractivity contribution < 1.29 is 9.53 Å². The summed E-state index contributed by atoms with van der Waals surface area (Å²) in [5.41, 5.74) is 12.3. The van der Waals surface area contributed by atoms with Crippen LogP contribution in [-0.2, 0) is 4.74 Å². The van der Waals surface area contributed by atoms with Crippen LogP contribution < -0.4 is 11.1 Å². The van der Waals surface area contributed by atoms with Crippen LogP contribution in [0.4, 0.5) is 4.79 Å². The molecule has 6 rings (SSSR count). The smallest absolute Gasteiger partial charge is 0.408 e. The monoisotopic (exact) mass is 600 g/mol. The van der Waals surface area contributed by atoms with E-state index < -0.39 is 11.7 Å². The van der Waals surface area contributed by atoms with E-state index in [9.17, 15) is 4.79 Å². The Morgan fingerprint density at radius 1 is 0.756 bits per heavy atom. The van der Waals surface area contributed by atoms with Gasteiger partial charge in [0.15, 0.2) is 0 Å². The topological polar surface area (TPSA) is 142 Å². The zero-order chi connectivity index (χ0) is 32.0. The van der Waals surface area contributed by atoms with Crippen LogP contribution >= 0.6 is 0 Å². The second kappa shape index (κ2) is 13.5. The van der Waals surface area contributed by atoms with E-state index in [0.717, 1.165) is 55.7 Å². The van der Waals surface area contributed by atoms with Crippen molar-refractivity contribution in [3.8, 4) is 22.5 Å². The molecule has 2 atom stereocenters. The molecule has 0 saturated heterocycles. The molecule has 0 radical (unpaired) electrons. The molecule has 10 heteroatoms. The Kier molecular flexibility index (Phi) is 9.34. The number of pyridine rings is 6. The van der Waals surface area contributed by atoms with Gasteiger partial charge in [-0.1, -0.05) is 12.1 Å². The number of nitrogens with one attached hydrogen (secondary N) is 1. The summed E-state index contributed by atoms with van der Waals surface area (Å²) in [4.78, 5) is 38.7. The molecule has 10 nitrogen and oxygen atoms in total. The van der Waals surface area contributed by atoms with Crippen LogP contribution in [0.15, 0.2) is 97.8 Å². The Balaban J connectivity index is 0.000000186. The largest absolute Gasteiger partial charge is 0.444 e. The van der Waals surface area contributed by atoms with Crippen LogP contribution in [0, 0.1) is 0 Å². The van der Waals surface area contributed by atoms with Gasteiger partial charge in [0.2, 0.25) is 0 Å². The molecule has 0 aromatic carbocycles. The predicted molar refractivity (Wildman–Crippen MR) is 176 cm³/mol. The third kappa shape index (κ3) is 7.79. The molecule has 6 aromatic heterocycles. The molecule has 228 valence electrons. The highest BCUT2D eigenvalue weighted by atomic mass is 16.6. The summed E-state index contributed by atoms with van der Waals surface area (Å²) < 4.78 is 5.36. The van der Waals surface area contributed by atoms with Gasteiger partial charge < -0.3 is 15.8 Å². The maximum atomic E-state index is 12.2. The lowest BCUT2D eigenvalue weighted by atomic mass is 10.0. The Morgan fingerprint density at radius 2 is 1.27 bits per heavy atom. The molecule has 1 amide bonds. The molecule has 6 aromatic rings. The summed E-state index contributed by atoms with van der Waals surface area (Å²) >= 11 is 0. The van der Waals surface area contributed by atoms with Gasteiger partial charge in [0.05, 0.1) is 39.9 Å². The molecular formula is C35H36N8O2. The summed E-state index contributed by atoms with van der Waals surface area (Å²) in [6, 6.07) is 18.8. The van der Waals surface area contributed by atoms with Gasteiger partial charge in [-0.05, 0) is 83.1 Å². The van der Waals surface area contributed by atoms with E-state index in [4.69, 9.17) is 15.5 Å². The second-order valence-corrected chi connectivity index (χ2v) is 11.6. The Bertz CT molecular complexity index is 1910. The average molecular weight is 601 g/mol. The molecule has 0 spiro atoms. The van der Waals surface area contributed by atoms with Crippen molar-refractivity contribution in [2.45, 2.75) is 52.3 Å². The lowest BCUT2D eigenvalue weighted by Gasteiger charge is -2.23. The molecule has 0 saturated carbocycles. The summed E-state index contributed by atoms with van der Waals surface area (Å²) in [5.74, 6) is 0. The fourth-order valence-electron chi connectivity index (χ4n) is 4.75. The fourth-order valence-corrected chi connectivity index (χ4v) is 4.75. The van der Waals surface area contributed by atoms with Gasteiger partial charge in [-0.2, -0.15) is 0 Å². The molecule has 0 fully saturated rings. The summed E-state index contributed by atoms with van der Waals surface area (Å²) in [7, 11) is 0. The number of rotatable bonds is 5. The van der Waals surface area contributed by atoms with Crippen LogP contribution in [0.1, 0.15) is 58.1 Å². The molecule has 0 bridgehead atoms. The minimum atomic E-state index is -0.559. The molecule has 0 aliphatic heterocycles. The van der Waals surface area contributed by atoms with E-state index in [1.165, 1.54) is 0 Å². The van der Waals surface area contributed by atoms with E-state index in [1.54, 1.807) is 37.2 Å². The first-order chi connectivity index (χ1) is 21.6. The first kappa shape index (κ1) is 31.1. The molecular weight excluding hydrogens is 564 g/mol. The van der Waals surface area contributed by atoms with Crippen LogP contribution in [0.3, 0.4) is 0 Å². The van der Waals surface area contributed by atoms with Gasteiger partial charge in [-0.3, -0.25) is 24.9 Å². The third-order valence-corrected chi connectivity index (χ3v) is 6.75. The number of alkyl carbamates (subject to hydrolysis) is 1. The highest BCUT2D eigenvalue weighted by molar-refractivity contribution is 5.85. The van der Waals surface area contributed by atoms with Gasteiger partial charge in [0.25, 0.3) is 0 Å². The van der Waals surface area contributed by atoms with Crippen molar-refractivity contribution in [3.05, 3.63) is 109 Å². The number of hydrogen-bond acceptors (Lipinski definition) is 9. The minimum absolute atomic E-state index is 0.144. The molecule has 6 heterocycles. The highest BCUT2D eigenvalue weighted by Crippen LogP contribution is 2.30. The van der Waals surface area contributed by atoms with Crippen LogP contribution in [0.5, 0.6) is 0 Å². The standard InChI is InChI=1S/C20H22N4O2.C15H14N4/c1-13(23-19(25)26-20(2,3)4)18-15(17-7-5-6-9-22-17)11-14-12-21-10-8-16(14)24-18;1-10(16)15-12(14-4-2-3-6-18-14)8-11-9-17-7-5-13(11)19-15/h5-13H,1-4H3,(H,23,25);2-10H,16H2,1H3. The average Bonchev–Trinajstić information content (AvgIpc) is 3.03. The highest BCUT2D eigenvalue weighted by Gasteiger charge is 2.22. The van der Waals surface area contributed by atoms with Crippen molar-refractivity contribution >= 4 is 27.9 Å². The second-order valence-electron chi connectivity index (χ2n) is 11.6. The summed E-state index contributed by atoms with van der Waals surface area (Å²) in [5, 5.41) is 4.77. The Labute approximate surface area is 262 Å². The van der Waals surface area contributed by atoms with Crippen molar-refractivity contribution in [1.29, 1.82) is 0 Å². The molecule has 0 aliphatic carbocycles. The van der Waals surface area contributed by atoms with Crippen LogP contribution in [0.2, 0.25) is 0 Å². The number of fused-ring (bicyclic) bond motifs is 2. The molecule has 3 N–H and O–H groups in total. The molecule has 0 aliphatic rings. The van der Waals surface area contributed by atoms with Gasteiger partial charge in [0.1, 0.15) is 5.60 Å². The number of carbonyl (C=O) groups is 1. The van der Waals surface area contributed by atoms with Crippen molar-refractivity contribution in [1.82, 2.24) is 35.2 Å². The lowest BCUT2D eigenvalue weighted by molar-refractivity contribution is 0.0507. The zero-order valence-electron chi connectivity index (χ0n) is 26.0. The quantitative estimate of drug-likeness (QED) is 0.214. The number of amides is 1. The number of carbonyl (C=O) groups excluding carboxylic acids is 1. The normalized spacial score (nSPS) is 12.6. The van der Waals surface area contributed by atoms with Crippen LogP contribution in [-0.4, -0.2) is 41.6 Å². The Hall–Kier alpha value is -5.35. The number of hydrogen-bond donors (Lipinski definition) is 2. The number of aromatic nitrogens is 6. The van der Waals surface area contributed by atoms with Gasteiger partial charge >= 0.3 is 6.09 Å². The maximum Gasteiger partial charge on any atom is 0.408 e. The lowest BCUT2D eigenvalue weighted by Crippen LogP contribution is -2.34. The van der Waals surface area contributed by atoms with Gasteiger partial charge in [0, 0.05) is 65.1 Å². The summed E-state index contributed by atoms with van der Waals surface area (Å²) in [6.07, 6.45) is 10.0. The SMILES string of the molecule is CC(N)c1nc2ccncc2cc1-c1ccccn1.CC(NC(=O)OC(C)(C)C)c1nc2ccncc2cc1-c1ccccn1. The van der Waals surface area contributed by atoms with Crippen molar-refractivity contribution in [2.24, 2.45) is 5.73 Å². The number of nitrogens with zero attached hydrogens (tertiary/aromatic N) is 6. The van der Waals surface area contributed by atoms with Crippen LogP contribution in [0.25, 0.3) is 44.3 Å². The number of ether oxygens (including phenoxy) is 1. The maximum absolute atomic E-state index is 12.2. The van der Waals surface area contributed by atoms with Crippen molar-refractivity contribution in [2.75, 3.05) is 0 Å². The first-order valence-electron chi connectivity index (χ1n) is 14.7.